The van der Waals surface area contributed by atoms with Gasteiger partial charge in [-0.05, 0) is 38.3 Å². The largest absolute Gasteiger partial charge is 0.496 e. The van der Waals surface area contributed by atoms with E-state index in [1.54, 1.807) is 7.11 Å². The van der Waals surface area contributed by atoms with Crippen molar-refractivity contribution < 1.29 is 4.74 Å². The standard InChI is InChI=1S/C12H16BrNO/c1-7-6-9(12(14)4-5-12)11(15-3)8(2)10(7)13/h6H,4-5,14H2,1-3H3. The second-order valence-corrected chi connectivity index (χ2v) is 5.16. The molecule has 0 atom stereocenters. The fourth-order valence-corrected chi connectivity index (χ4v) is 2.27. The van der Waals surface area contributed by atoms with Crippen molar-refractivity contribution >= 4 is 15.9 Å². The second-order valence-electron chi connectivity index (χ2n) is 4.37. The molecule has 2 rings (SSSR count). The minimum Gasteiger partial charge on any atom is -0.496 e. The first-order chi connectivity index (χ1) is 6.99. The van der Waals surface area contributed by atoms with Crippen molar-refractivity contribution in [2.45, 2.75) is 32.2 Å². The van der Waals surface area contributed by atoms with E-state index in [2.05, 4.69) is 35.8 Å². The smallest absolute Gasteiger partial charge is 0.127 e. The van der Waals surface area contributed by atoms with Crippen molar-refractivity contribution in [3.63, 3.8) is 0 Å². The first-order valence-corrected chi connectivity index (χ1v) is 5.92. The molecule has 0 unspecified atom stereocenters. The lowest BCUT2D eigenvalue weighted by Crippen LogP contribution is -2.20. The van der Waals surface area contributed by atoms with Crippen molar-refractivity contribution in [3.05, 3.63) is 27.2 Å². The maximum absolute atomic E-state index is 6.24. The number of hydrogen-bond donors (Lipinski definition) is 1. The molecule has 3 heteroatoms. The zero-order valence-electron chi connectivity index (χ0n) is 9.36. The molecule has 0 heterocycles. The van der Waals surface area contributed by atoms with Gasteiger partial charge in [0.1, 0.15) is 5.75 Å². The summed E-state index contributed by atoms with van der Waals surface area (Å²) in [5, 5.41) is 0. The van der Waals surface area contributed by atoms with Gasteiger partial charge < -0.3 is 10.5 Å². The van der Waals surface area contributed by atoms with Crippen LogP contribution in [0.3, 0.4) is 0 Å². The fraction of sp³-hybridized carbons (Fsp3) is 0.500. The van der Waals surface area contributed by atoms with E-state index < -0.39 is 0 Å². The fourth-order valence-electron chi connectivity index (χ4n) is 1.98. The zero-order chi connectivity index (χ0) is 11.2. The Hall–Kier alpha value is -0.540. The Morgan fingerprint density at radius 2 is 2.00 bits per heavy atom. The number of aryl methyl sites for hydroxylation is 1. The lowest BCUT2D eigenvalue weighted by atomic mass is 9.98. The van der Waals surface area contributed by atoms with Gasteiger partial charge in [0.15, 0.2) is 0 Å². The van der Waals surface area contributed by atoms with Gasteiger partial charge in [0.2, 0.25) is 0 Å². The normalized spacial score (nSPS) is 17.7. The molecule has 1 saturated carbocycles. The average molecular weight is 270 g/mol. The van der Waals surface area contributed by atoms with Crippen molar-refractivity contribution in [2.75, 3.05) is 7.11 Å². The number of nitrogens with two attached hydrogens (primary N) is 1. The summed E-state index contributed by atoms with van der Waals surface area (Å²) in [7, 11) is 1.71. The van der Waals surface area contributed by atoms with Crippen LogP contribution in [-0.4, -0.2) is 7.11 Å². The molecule has 0 radical (unpaired) electrons. The molecule has 1 aliphatic carbocycles. The van der Waals surface area contributed by atoms with E-state index >= 15 is 0 Å². The Bertz CT molecular complexity index is 411. The third-order valence-corrected chi connectivity index (χ3v) is 4.37. The quantitative estimate of drug-likeness (QED) is 0.896. The molecule has 1 fully saturated rings. The lowest BCUT2D eigenvalue weighted by molar-refractivity contribution is 0.400. The van der Waals surface area contributed by atoms with Gasteiger partial charge in [0.25, 0.3) is 0 Å². The van der Waals surface area contributed by atoms with Crippen molar-refractivity contribution in [1.82, 2.24) is 0 Å². The Balaban J connectivity index is 2.63. The SMILES string of the molecule is COc1c(C2(N)CC2)cc(C)c(Br)c1C. The first-order valence-electron chi connectivity index (χ1n) is 5.12. The molecule has 1 aliphatic rings. The molecule has 0 aliphatic heterocycles. The van der Waals surface area contributed by atoms with Crippen molar-refractivity contribution in [3.8, 4) is 5.75 Å². The summed E-state index contributed by atoms with van der Waals surface area (Å²) >= 11 is 3.57. The summed E-state index contributed by atoms with van der Waals surface area (Å²) in [6, 6.07) is 2.14. The Kier molecular flexibility index (Phi) is 2.55. The summed E-state index contributed by atoms with van der Waals surface area (Å²) in [5.41, 5.74) is 9.62. The number of halogens is 1. The van der Waals surface area contributed by atoms with Gasteiger partial charge in [-0.1, -0.05) is 15.9 Å². The first kappa shape index (κ1) is 11.0. The van der Waals surface area contributed by atoms with Crippen LogP contribution in [0, 0.1) is 13.8 Å². The summed E-state index contributed by atoms with van der Waals surface area (Å²) in [5.74, 6) is 0.937. The van der Waals surface area contributed by atoms with Crippen LogP contribution in [0.1, 0.15) is 29.5 Å². The van der Waals surface area contributed by atoms with E-state index in [0.717, 1.165) is 34.2 Å². The van der Waals surface area contributed by atoms with E-state index in [0.29, 0.717) is 0 Å². The highest BCUT2D eigenvalue weighted by Crippen LogP contribution is 2.49. The van der Waals surface area contributed by atoms with Crippen LogP contribution in [0.5, 0.6) is 5.75 Å². The van der Waals surface area contributed by atoms with Crippen molar-refractivity contribution in [1.29, 1.82) is 0 Å². The van der Waals surface area contributed by atoms with Gasteiger partial charge in [-0.15, -0.1) is 0 Å². The molecule has 0 saturated heterocycles. The summed E-state index contributed by atoms with van der Waals surface area (Å²) in [6.07, 6.45) is 2.12. The van der Waals surface area contributed by atoms with E-state index in [-0.39, 0.29) is 5.54 Å². The number of hydrogen-bond acceptors (Lipinski definition) is 2. The minimum absolute atomic E-state index is 0.137. The van der Waals surface area contributed by atoms with E-state index in [1.165, 1.54) is 5.56 Å². The number of methoxy groups -OCH3 is 1. The Morgan fingerprint density at radius 1 is 1.40 bits per heavy atom. The summed E-state index contributed by atoms with van der Waals surface area (Å²) in [6.45, 7) is 4.15. The van der Waals surface area contributed by atoms with Gasteiger partial charge in [-0.3, -0.25) is 0 Å². The highest BCUT2D eigenvalue weighted by atomic mass is 79.9. The number of rotatable bonds is 2. The average Bonchev–Trinajstić information content (AvgIpc) is 2.94. The molecule has 0 spiro atoms. The number of ether oxygens (including phenoxy) is 1. The monoisotopic (exact) mass is 269 g/mol. The van der Waals surface area contributed by atoms with Crippen LogP contribution < -0.4 is 10.5 Å². The molecule has 0 bridgehead atoms. The third kappa shape index (κ3) is 1.68. The molecule has 0 aromatic heterocycles. The lowest BCUT2D eigenvalue weighted by Gasteiger charge is -2.19. The maximum atomic E-state index is 6.24. The Labute approximate surface area is 98.9 Å². The van der Waals surface area contributed by atoms with Crippen LogP contribution in [0.25, 0.3) is 0 Å². The molecular weight excluding hydrogens is 254 g/mol. The summed E-state index contributed by atoms with van der Waals surface area (Å²) < 4.78 is 6.59. The van der Waals surface area contributed by atoms with E-state index in [9.17, 15) is 0 Å². The molecule has 2 nitrogen and oxygen atoms in total. The third-order valence-electron chi connectivity index (χ3n) is 3.15. The zero-order valence-corrected chi connectivity index (χ0v) is 10.9. The van der Waals surface area contributed by atoms with Gasteiger partial charge in [0.05, 0.1) is 7.11 Å². The molecular formula is C12H16BrNO. The van der Waals surface area contributed by atoms with Crippen LogP contribution in [0.15, 0.2) is 10.5 Å². The van der Waals surface area contributed by atoms with Crippen LogP contribution in [0.4, 0.5) is 0 Å². The molecule has 1 aromatic rings. The molecule has 0 amide bonds. The maximum Gasteiger partial charge on any atom is 0.127 e. The van der Waals surface area contributed by atoms with Gasteiger partial charge in [0, 0.05) is 21.1 Å². The van der Waals surface area contributed by atoms with Gasteiger partial charge in [-0.25, -0.2) is 0 Å². The molecule has 1 aromatic carbocycles. The highest BCUT2D eigenvalue weighted by molar-refractivity contribution is 9.10. The van der Waals surface area contributed by atoms with Crippen LogP contribution in [0.2, 0.25) is 0 Å². The summed E-state index contributed by atoms with van der Waals surface area (Å²) in [4.78, 5) is 0. The second kappa shape index (κ2) is 3.49. The van der Waals surface area contributed by atoms with Crippen LogP contribution >= 0.6 is 15.9 Å². The van der Waals surface area contributed by atoms with Crippen molar-refractivity contribution in [2.24, 2.45) is 5.73 Å². The molecule has 2 N–H and O–H groups in total. The predicted octanol–water partition coefficient (Wildman–Crippen LogP) is 3.02. The molecule has 15 heavy (non-hydrogen) atoms. The minimum atomic E-state index is -0.137. The van der Waals surface area contributed by atoms with E-state index in [1.807, 2.05) is 0 Å². The van der Waals surface area contributed by atoms with Gasteiger partial charge >= 0.3 is 0 Å². The van der Waals surface area contributed by atoms with E-state index in [4.69, 9.17) is 10.5 Å². The molecule has 82 valence electrons. The van der Waals surface area contributed by atoms with Gasteiger partial charge in [-0.2, -0.15) is 0 Å². The predicted molar refractivity (Wildman–Crippen MR) is 65.3 cm³/mol. The van der Waals surface area contributed by atoms with Crippen LogP contribution in [-0.2, 0) is 5.54 Å². The topological polar surface area (TPSA) is 35.2 Å². The Morgan fingerprint density at radius 3 is 2.47 bits per heavy atom. The highest BCUT2D eigenvalue weighted by Gasteiger charge is 2.42. The number of benzene rings is 1.